The summed E-state index contributed by atoms with van der Waals surface area (Å²) in [7, 11) is -4.61. The summed E-state index contributed by atoms with van der Waals surface area (Å²) >= 11 is 0. The number of fused-ring (bicyclic) bond motifs is 2. The van der Waals surface area contributed by atoms with Crippen LogP contribution in [0.2, 0.25) is 0 Å². The fourth-order valence-corrected chi connectivity index (χ4v) is 12.3. The third kappa shape index (κ3) is 8.34. The molecule has 4 aliphatic heterocycles. The summed E-state index contributed by atoms with van der Waals surface area (Å²) in [5.41, 5.74) is 5.88. The SMILES string of the molecule is O=C(NS(=O)(=O)c1cnc(NCC2CCOCC2)c([N+](=O)[O-])c1)c1ccc(N2CCC3(CC2)CC(N2CCC[C@@H]2c2ccccc2C2CC2)C3)cc1N1CCCOc2nc3[nH]ccc3cc21. The highest BCUT2D eigenvalue weighted by atomic mass is 32.2. The van der Waals surface area contributed by atoms with Crippen LogP contribution in [0, 0.1) is 21.4 Å². The molecule has 5 fully saturated rings. The van der Waals surface area contributed by atoms with Crippen LogP contribution in [-0.2, 0) is 14.8 Å². The normalized spacial score (nSPS) is 21.5. The first-order chi connectivity index (χ1) is 32.1. The second-order valence-corrected chi connectivity index (χ2v) is 21.0. The van der Waals surface area contributed by atoms with Crippen molar-refractivity contribution in [1.82, 2.24) is 24.6 Å². The molecule has 2 aromatic carbocycles. The van der Waals surface area contributed by atoms with Crippen LogP contribution in [0.5, 0.6) is 5.88 Å². The number of hydrogen-bond donors (Lipinski definition) is 3. The molecule has 0 unspecified atom stereocenters. The standard InChI is InChI=1S/C49H57N9O7S/c59-47(54-66(62,63)37-27-43(58(60)61)46(52-31-37)51-30-32-13-23-64-24-14-32)40-11-10-35(26-42(40)57-19-4-22-65-48-44(57)25-34-12-17-50-45(34)53-48)55-20-15-49(16-21-55)28-36(29-49)56-18-3-7-41(56)39-6-2-1-5-38(39)33-8-9-33/h1-2,5-6,10-12,17,25-27,31-33,36,41H,3-4,7-9,13-16,18-24,28-30H2,(H,50,53)(H,51,52)(H,54,59)/t41-/m1/s1. The van der Waals surface area contributed by atoms with Gasteiger partial charge in [0.2, 0.25) is 11.7 Å². The zero-order valence-corrected chi connectivity index (χ0v) is 37.9. The van der Waals surface area contributed by atoms with Crippen molar-refractivity contribution in [2.75, 3.05) is 67.7 Å². The lowest BCUT2D eigenvalue weighted by Gasteiger charge is -2.56. The molecule has 16 nitrogen and oxygen atoms in total. The van der Waals surface area contributed by atoms with Crippen molar-refractivity contribution in [3.63, 3.8) is 0 Å². The Hall–Kier alpha value is -5.78. The van der Waals surface area contributed by atoms with Gasteiger partial charge in [0.15, 0.2) is 0 Å². The number of aromatic amines is 1. The molecule has 3 aromatic heterocycles. The minimum atomic E-state index is -4.61. The van der Waals surface area contributed by atoms with Crippen molar-refractivity contribution in [2.45, 2.75) is 93.5 Å². The quantitative estimate of drug-likeness (QED) is 0.0804. The van der Waals surface area contributed by atoms with Crippen molar-refractivity contribution in [3.05, 3.63) is 99.9 Å². The second kappa shape index (κ2) is 17.5. The van der Waals surface area contributed by atoms with E-state index in [1.54, 1.807) is 17.2 Å². The largest absolute Gasteiger partial charge is 0.476 e. The van der Waals surface area contributed by atoms with Crippen molar-refractivity contribution in [2.24, 2.45) is 11.3 Å². The number of nitrogens with zero attached hydrogens (tertiary/aromatic N) is 6. The molecule has 1 amide bonds. The molecule has 2 aliphatic carbocycles. The van der Waals surface area contributed by atoms with Crippen LogP contribution in [0.3, 0.4) is 0 Å². The number of nitrogens with one attached hydrogen (secondary N) is 3. The van der Waals surface area contributed by atoms with Gasteiger partial charge >= 0.3 is 5.69 Å². The van der Waals surface area contributed by atoms with Gasteiger partial charge in [-0.3, -0.25) is 19.8 Å². The molecule has 346 valence electrons. The topological polar surface area (TPSA) is 188 Å². The molecule has 6 aliphatic rings. The Morgan fingerprint density at radius 2 is 1.71 bits per heavy atom. The number of nitro groups is 1. The zero-order valence-electron chi connectivity index (χ0n) is 37.1. The van der Waals surface area contributed by atoms with E-state index >= 15 is 0 Å². The van der Waals surface area contributed by atoms with Gasteiger partial charge in [0, 0.05) is 74.8 Å². The first kappa shape index (κ1) is 42.8. The van der Waals surface area contributed by atoms with E-state index in [4.69, 9.17) is 14.5 Å². The first-order valence-corrected chi connectivity index (χ1v) is 25.2. The van der Waals surface area contributed by atoms with Crippen LogP contribution in [0.4, 0.5) is 28.6 Å². The van der Waals surface area contributed by atoms with Crippen LogP contribution in [-0.4, -0.2) is 97.7 Å². The average Bonchev–Trinajstić information content (AvgIpc) is 3.95. The highest BCUT2D eigenvalue weighted by molar-refractivity contribution is 7.90. The van der Waals surface area contributed by atoms with Crippen molar-refractivity contribution >= 4 is 55.5 Å². The predicted octanol–water partition coefficient (Wildman–Crippen LogP) is 8.21. The molecule has 7 heterocycles. The zero-order chi connectivity index (χ0) is 45.0. The summed E-state index contributed by atoms with van der Waals surface area (Å²) in [6.45, 7) is 5.47. The van der Waals surface area contributed by atoms with Crippen LogP contribution >= 0.6 is 0 Å². The lowest BCUT2D eigenvalue weighted by atomic mass is 9.59. The molecule has 3 N–H and O–H groups in total. The Morgan fingerprint density at radius 1 is 0.909 bits per heavy atom. The maximum absolute atomic E-state index is 14.4. The van der Waals surface area contributed by atoms with Gasteiger partial charge in [0.05, 0.1) is 29.0 Å². The number of pyridine rings is 2. The molecule has 5 aromatic rings. The van der Waals surface area contributed by atoms with Gasteiger partial charge in [0.1, 0.15) is 16.2 Å². The fraction of sp³-hybridized carbons (Fsp3) is 0.490. The van der Waals surface area contributed by atoms with Gasteiger partial charge in [0.25, 0.3) is 15.9 Å². The van der Waals surface area contributed by atoms with Crippen molar-refractivity contribution < 1.29 is 27.6 Å². The molecule has 2 saturated carbocycles. The Balaban J connectivity index is 0.839. The number of carbonyl (C=O) groups excluding carboxylic acids is 1. The maximum Gasteiger partial charge on any atom is 0.312 e. The fourth-order valence-electron chi connectivity index (χ4n) is 11.4. The molecule has 1 atom stereocenters. The summed E-state index contributed by atoms with van der Waals surface area (Å²) in [6.07, 6.45) is 14.8. The van der Waals surface area contributed by atoms with Gasteiger partial charge < -0.3 is 29.6 Å². The number of aromatic nitrogens is 3. The molecular formula is C49H57N9O7S. The number of piperidine rings is 1. The lowest BCUT2D eigenvalue weighted by molar-refractivity contribution is -0.384. The number of H-pyrrole nitrogens is 1. The van der Waals surface area contributed by atoms with Crippen LogP contribution < -0.4 is 24.6 Å². The minimum absolute atomic E-state index is 0.0341. The third-order valence-corrected chi connectivity index (χ3v) is 16.5. The highest BCUT2D eigenvalue weighted by Gasteiger charge is 2.50. The number of carbonyl (C=O) groups is 1. The molecule has 17 heteroatoms. The smallest absolute Gasteiger partial charge is 0.312 e. The van der Waals surface area contributed by atoms with Crippen LogP contribution in [0.15, 0.2) is 78.0 Å². The van der Waals surface area contributed by atoms with E-state index in [1.807, 2.05) is 35.4 Å². The lowest BCUT2D eigenvalue weighted by Crippen LogP contribution is -2.55. The molecule has 66 heavy (non-hydrogen) atoms. The average molecular weight is 916 g/mol. The van der Waals surface area contributed by atoms with Gasteiger partial charge in [-0.15, -0.1) is 0 Å². The van der Waals surface area contributed by atoms with E-state index in [2.05, 4.69) is 54.1 Å². The minimum Gasteiger partial charge on any atom is -0.476 e. The predicted molar refractivity (Wildman–Crippen MR) is 251 cm³/mol. The third-order valence-electron chi connectivity index (χ3n) is 15.2. The van der Waals surface area contributed by atoms with E-state index < -0.39 is 31.4 Å². The molecule has 3 saturated heterocycles. The van der Waals surface area contributed by atoms with E-state index in [0.29, 0.717) is 79.7 Å². The monoisotopic (exact) mass is 915 g/mol. The highest BCUT2D eigenvalue weighted by Crippen LogP contribution is 2.55. The Bertz CT molecular complexity index is 2760. The van der Waals surface area contributed by atoms with Gasteiger partial charge in [-0.2, -0.15) is 4.98 Å². The number of hydrogen-bond acceptors (Lipinski definition) is 13. The van der Waals surface area contributed by atoms with Crippen molar-refractivity contribution in [3.8, 4) is 5.88 Å². The van der Waals surface area contributed by atoms with Gasteiger partial charge in [-0.1, -0.05) is 24.3 Å². The Morgan fingerprint density at radius 3 is 2.50 bits per heavy atom. The number of anilines is 4. The number of amides is 1. The number of rotatable bonds is 12. The van der Waals surface area contributed by atoms with Crippen molar-refractivity contribution in [1.29, 1.82) is 0 Å². The van der Waals surface area contributed by atoms with Gasteiger partial charge in [-0.05, 0) is 136 Å². The van der Waals surface area contributed by atoms with E-state index in [1.165, 1.54) is 45.1 Å². The molecule has 11 rings (SSSR count). The number of ether oxygens (including phenoxy) is 2. The van der Waals surface area contributed by atoms with Crippen LogP contribution in [0.25, 0.3) is 11.0 Å². The summed E-state index contributed by atoms with van der Waals surface area (Å²) in [4.78, 5) is 44.7. The van der Waals surface area contributed by atoms with Gasteiger partial charge in [-0.25, -0.2) is 18.1 Å². The number of benzene rings is 2. The second-order valence-electron chi connectivity index (χ2n) is 19.3. The summed E-state index contributed by atoms with van der Waals surface area (Å²) in [6, 6.07) is 20.7. The molecule has 0 radical (unpaired) electrons. The Labute approximate surface area is 384 Å². The van der Waals surface area contributed by atoms with E-state index in [9.17, 15) is 23.3 Å². The van der Waals surface area contributed by atoms with E-state index in [0.717, 1.165) is 68.0 Å². The summed E-state index contributed by atoms with van der Waals surface area (Å²) in [5, 5.41) is 16.1. The Kier molecular flexibility index (Phi) is 11.3. The first-order valence-electron chi connectivity index (χ1n) is 23.8. The molecule has 0 bridgehead atoms. The van der Waals surface area contributed by atoms with E-state index in [-0.39, 0.29) is 17.3 Å². The molecular weight excluding hydrogens is 859 g/mol. The number of likely N-dealkylation sites (tertiary alicyclic amines) is 1. The maximum atomic E-state index is 14.4. The summed E-state index contributed by atoms with van der Waals surface area (Å²) in [5.74, 6) is 0.488. The number of sulfonamides is 1. The summed E-state index contributed by atoms with van der Waals surface area (Å²) < 4.78 is 41.6. The molecule has 1 spiro atoms. The van der Waals surface area contributed by atoms with Crippen LogP contribution in [0.1, 0.15) is 104 Å².